The molecule has 0 bridgehead atoms. The van der Waals surface area contributed by atoms with E-state index in [2.05, 4.69) is 15.5 Å². The summed E-state index contributed by atoms with van der Waals surface area (Å²) in [6.45, 7) is 3.36. The van der Waals surface area contributed by atoms with Crippen LogP contribution in [0.1, 0.15) is 17.4 Å². The van der Waals surface area contributed by atoms with Gasteiger partial charge in [0.05, 0.1) is 10.8 Å². The molecule has 0 saturated carbocycles. The van der Waals surface area contributed by atoms with Gasteiger partial charge in [-0.2, -0.15) is 4.98 Å². The molecule has 0 unspecified atom stereocenters. The monoisotopic (exact) mass is 296 g/mol. The Labute approximate surface area is 120 Å². The number of nitrogens with one attached hydrogen (secondary N) is 1. The Morgan fingerprint density at radius 3 is 2.80 bits per heavy atom. The van der Waals surface area contributed by atoms with E-state index in [0.29, 0.717) is 22.8 Å². The Morgan fingerprint density at radius 2 is 2.20 bits per heavy atom. The minimum absolute atomic E-state index is 0. The zero-order chi connectivity index (χ0) is 13.4. The molecule has 2 aromatic rings. The van der Waals surface area contributed by atoms with Crippen molar-refractivity contribution in [3.8, 4) is 11.4 Å². The number of nitro groups is 1. The number of nitro benzene ring substituents is 1. The predicted octanol–water partition coefficient (Wildman–Crippen LogP) is 2.06. The van der Waals surface area contributed by atoms with Crippen molar-refractivity contribution in [1.29, 1.82) is 0 Å². The molecule has 1 aliphatic heterocycles. The molecule has 1 aromatic carbocycles. The standard InChI is InChI=1S/C12H12N4O3.ClH/c1-7-2-3-8(4-10(7)16(17)18)11-14-12(19-15-11)9-5-13-6-9;/h2-4,9,13H,5-6H2,1H3;1H. The van der Waals surface area contributed by atoms with Crippen LogP contribution in [0.2, 0.25) is 0 Å². The van der Waals surface area contributed by atoms with Crippen LogP contribution in [0, 0.1) is 17.0 Å². The van der Waals surface area contributed by atoms with Gasteiger partial charge in [0.15, 0.2) is 0 Å². The Balaban J connectivity index is 0.00000147. The van der Waals surface area contributed by atoms with Gasteiger partial charge in [-0.3, -0.25) is 10.1 Å². The average Bonchev–Trinajstić information content (AvgIpc) is 2.76. The maximum atomic E-state index is 10.9. The molecular weight excluding hydrogens is 284 g/mol. The molecule has 2 heterocycles. The third kappa shape index (κ3) is 2.50. The Hall–Kier alpha value is -1.99. The molecule has 0 radical (unpaired) electrons. The number of aryl methyl sites for hydroxylation is 1. The molecule has 3 rings (SSSR count). The molecule has 20 heavy (non-hydrogen) atoms. The van der Waals surface area contributed by atoms with Crippen LogP contribution in [0.25, 0.3) is 11.4 Å². The van der Waals surface area contributed by atoms with Gasteiger partial charge in [0.2, 0.25) is 11.7 Å². The first-order chi connectivity index (χ1) is 9.15. The molecule has 8 heteroatoms. The van der Waals surface area contributed by atoms with E-state index >= 15 is 0 Å². The smallest absolute Gasteiger partial charge is 0.273 e. The Kier molecular flexibility index (Phi) is 4.01. The molecule has 0 spiro atoms. The minimum Gasteiger partial charge on any atom is -0.339 e. The van der Waals surface area contributed by atoms with Crippen molar-refractivity contribution >= 4 is 18.1 Å². The van der Waals surface area contributed by atoms with Crippen molar-refractivity contribution in [2.75, 3.05) is 13.1 Å². The summed E-state index contributed by atoms with van der Waals surface area (Å²) in [4.78, 5) is 14.8. The Morgan fingerprint density at radius 1 is 1.45 bits per heavy atom. The molecule has 106 valence electrons. The molecule has 1 aliphatic rings. The molecule has 1 N–H and O–H groups in total. The van der Waals surface area contributed by atoms with E-state index in [1.54, 1.807) is 19.1 Å². The number of hydrogen-bond acceptors (Lipinski definition) is 6. The van der Waals surface area contributed by atoms with E-state index in [9.17, 15) is 10.1 Å². The highest BCUT2D eigenvalue weighted by molar-refractivity contribution is 5.85. The van der Waals surface area contributed by atoms with E-state index in [1.807, 2.05) is 0 Å². The summed E-state index contributed by atoms with van der Waals surface area (Å²) >= 11 is 0. The lowest BCUT2D eigenvalue weighted by atomic mass is 10.0. The van der Waals surface area contributed by atoms with E-state index in [4.69, 9.17) is 4.52 Å². The lowest BCUT2D eigenvalue weighted by Crippen LogP contribution is -2.40. The van der Waals surface area contributed by atoms with Gasteiger partial charge in [0, 0.05) is 30.3 Å². The maximum absolute atomic E-state index is 10.9. The lowest BCUT2D eigenvalue weighted by molar-refractivity contribution is -0.385. The van der Waals surface area contributed by atoms with Gasteiger partial charge in [-0.05, 0) is 6.92 Å². The van der Waals surface area contributed by atoms with Crippen LogP contribution >= 0.6 is 12.4 Å². The van der Waals surface area contributed by atoms with Gasteiger partial charge < -0.3 is 9.84 Å². The van der Waals surface area contributed by atoms with Gasteiger partial charge in [-0.15, -0.1) is 12.4 Å². The molecule has 0 amide bonds. The molecule has 7 nitrogen and oxygen atoms in total. The summed E-state index contributed by atoms with van der Waals surface area (Å²) in [6, 6.07) is 4.92. The maximum Gasteiger partial charge on any atom is 0.273 e. The predicted molar refractivity (Wildman–Crippen MR) is 74.0 cm³/mol. The number of hydrogen-bond donors (Lipinski definition) is 1. The number of halogens is 1. The summed E-state index contributed by atoms with van der Waals surface area (Å²) in [7, 11) is 0. The second-order valence-electron chi connectivity index (χ2n) is 4.57. The van der Waals surface area contributed by atoms with Gasteiger partial charge in [0.25, 0.3) is 5.69 Å². The van der Waals surface area contributed by atoms with Crippen LogP contribution in [-0.2, 0) is 0 Å². The number of rotatable bonds is 3. The van der Waals surface area contributed by atoms with Crippen LogP contribution < -0.4 is 5.32 Å². The highest BCUT2D eigenvalue weighted by atomic mass is 35.5. The molecule has 1 fully saturated rings. The summed E-state index contributed by atoms with van der Waals surface area (Å²) in [5.41, 5.74) is 1.27. The average molecular weight is 297 g/mol. The van der Waals surface area contributed by atoms with Crippen molar-refractivity contribution in [2.24, 2.45) is 0 Å². The third-order valence-electron chi connectivity index (χ3n) is 3.24. The van der Waals surface area contributed by atoms with E-state index in [1.165, 1.54) is 6.07 Å². The number of nitrogens with zero attached hydrogens (tertiary/aromatic N) is 3. The fourth-order valence-corrected chi connectivity index (χ4v) is 1.93. The molecule has 0 atom stereocenters. The normalized spacial score (nSPS) is 14.4. The van der Waals surface area contributed by atoms with Crippen LogP contribution in [0.5, 0.6) is 0 Å². The first kappa shape index (κ1) is 14.4. The molecule has 1 saturated heterocycles. The second kappa shape index (κ2) is 5.56. The van der Waals surface area contributed by atoms with E-state index in [-0.39, 0.29) is 24.0 Å². The molecule has 1 aromatic heterocycles. The van der Waals surface area contributed by atoms with Crippen LogP contribution in [0.3, 0.4) is 0 Å². The SMILES string of the molecule is Cc1ccc(-c2noc(C3CNC3)n2)cc1[N+](=O)[O-].Cl. The summed E-state index contributed by atoms with van der Waals surface area (Å²) in [5.74, 6) is 1.23. The zero-order valence-corrected chi connectivity index (χ0v) is 11.5. The quantitative estimate of drug-likeness (QED) is 0.688. The van der Waals surface area contributed by atoms with Gasteiger partial charge in [-0.25, -0.2) is 0 Å². The first-order valence-corrected chi connectivity index (χ1v) is 5.95. The highest BCUT2D eigenvalue weighted by Gasteiger charge is 2.25. The Bertz CT molecular complexity index is 639. The first-order valence-electron chi connectivity index (χ1n) is 5.95. The van der Waals surface area contributed by atoms with Crippen molar-refractivity contribution in [3.63, 3.8) is 0 Å². The van der Waals surface area contributed by atoms with Crippen molar-refractivity contribution in [3.05, 3.63) is 39.8 Å². The van der Waals surface area contributed by atoms with Crippen molar-refractivity contribution in [2.45, 2.75) is 12.8 Å². The fourth-order valence-electron chi connectivity index (χ4n) is 1.93. The summed E-state index contributed by atoms with van der Waals surface area (Å²) in [6.07, 6.45) is 0. The third-order valence-corrected chi connectivity index (χ3v) is 3.24. The van der Waals surface area contributed by atoms with Crippen LogP contribution in [-0.4, -0.2) is 28.2 Å². The summed E-state index contributed by atoms with van der Waals surface area (Å²) in [5, 5.41) is 17.9. The van der Waals surface area contributed by atoms with Crippen molar-refractivity contribution < 1.29 is 9.45 Å². The lowest BCUT2D eigenvalue weighted by Gasteiger charge is -2.22. The summed E-state index contributed by atoms with van der Waals surface area (Å²) < 4.78 is 5.18. The van der Waals surface area contributed by atoms with E-state index in [0.717, 1.165) is 13.1 Å². The van der Waals surface area contributed by atoms with Crippen LogP contribution in [0.4, 0.5) is 5.69 Å². The topological polar surface area (TPSA) is 94.1 Å². The van der Waals surface area contributed by atoms with E-state index < -0.39 is 4.92 Å². The fraction of sp³-hybridized carbons (Fsp3) is 0.333. The largest absolute Gasteiger partial charge is 0.339 e. The zero-order valence-electron chi connectivity index (χ0n) is 10.7. The van der Waals surface area contributed by atoms with Crippen molar-refractivity contribution in [1.82, 2.24) is 15.5 Å². The highest BCUT2D eigenvalue weighted by Crippen LogP contribution is 2.26. The molecular formula is C12H13ClN4O3. The van der Waals surface area contributed by atoms with Gasteiger partial charge >= 0.3 is 0 Å². The second-order valence-corrected chi connectivity index (χ2v) is 4.57. The van der Waals surface area contributed by atoms with Gasteiger partial charge in [-0.1, -0.05) is 17.3 Å². The van der Waals surface area contributed by atoms with Gasteiger partial charge in [0.1, 0.15) is 0 Å². The van der Waals surface area contributed by atoms with Crippen LogP contribution in [0.15, 0.2) is 22.7 Å². The number of benzene rings is 1. The molecule has 0 aliphatic carbocycles. The number of aromatic nitrogens is 2. The minimum atomic E-state index is -0.407.